The van der Waals surface area contributed by atoms with E-state index in [0.717, 1.165) is 44.1 Å². The number of hydrogen-bond acceptors (Lipinski definition) is 3. The van der Waals surface area contributed by atoms with Crippen molar-refractivity contribution in [3.8, 4) is 5.75 Å². The van der Waals surface area contributed by atoms with Gasteiger partial charge < -0.3 is 15.4 Å². The van der Waals surface area contributed by atoms with Crippen LogP contribution in [0.25, 0.3) is 0 Å². The molecule has 2 atom stereocenters. The van der Waals surface area contributed by atoms with E-state index in [1.807, 2.05) is 30.2 Å². The average Bonchev–Trinajstić information content (AvgIpc) is 3.37. The lowest BCUT2D eigenvalue weighted by Crippen LogP contribution is -2.47. The summed E-state index contributed by atoms with van der Waals surface area (Å²) in [5, 5.41) is 11.5. The van der Waals surface area contributed by atoms with E-state index in [1.165, 1.54) is 18.4 Å². The Balaban J connectivity index is 0.00000240. The fourth-order valence-corrected chi connectivity index (χ4v) is 4.50. The highest BCUT2D eigenvalue weighted by Crippen LogP contribution is 2.46. The molecule has 2 heterocycles. The van der Waals surface area contributed by atoms with Crippen LogP contribution < -0.4 is 15.4 Å². The van der Waals surface area contributed by atoms with Crippen molar-refractivity contribution in [1.82, 2.24) is 20.4 Å². The normalized spacial score (nSPS) is 21.0. The first-order valence-electron chi connectivity index (χ1n) is 10.4. The predicted octanol–water partition coefficient (Wildman–Crippen LogP) is 4.14. The van der Waals surface area contributed by atoms with Crippen LogP contribution in [-0.4, -0.2) is 34.9 Å². The van der Waals surface area contributed by atoms with Gasteiger partial charge in [-0.2, -0.15) is 5.10 Å². The van der Waals surface area contributed by atoms with E-state index in [9.17, 15) is 0 Å². The molecule has 2 aromatic rings. The molecular formula is C22H32IN5O. The second-order valence-corrected chi connectivity index (χ2v) is 8.22. The highest BCUT2D eigenvalue weighted by atomic mass is 127. The van der Waals surface area contributed by atoms with Gasteiger partial charge in [0.05, 0.1) is 6.04 Å². The molecule has 0 bridgehead atoms. The summed E-state index contributed by atoms with van der Waals surface area (Å²) in [6, 6.07) is 10.6. The van der Waals surface area contributed by atoms with Gasteiger partial charge in [0.2, 0.25) is 0 Å². The Labute approximate surface area is 190 Å². The lowest BCUT2D eigenvalue weighted by molar-refractivity contribution is 0.0396. The number of para-hydroxylation sites is 1. The Morgan fingerprint density at radius 1 is 1.31 bits per heavy atom. The van der Waals surface area contributed by atoms with E-state index in [4.69, 9.17) is 4.74 Å². The number of halogens is 1. The molecule has 2 unspecified atom stereocenters. The fourth-order valence-electron chi connectivity index (χ4n) is 4.50. The van der Waals surface area contributed by atoms with Crippen molar-refractivity contribution in [3.05, 3.63) is 48.3 Å². The van der Waals surface area contributed by atoms with Crippen molar-refractivity contribution < 1.29 is 4.74 Å². The molecular weight excluding hydrogens is 477 g/mol. The SMILES string of the molecule is CN=C(NCC(C)Cn1cccn1)NC1CC2(CCCC2)Oc2ccccc21.I. The summed E-state index contributed by atoms with van der Waals surface area (Å²) in [7, 11) is 1.84. The number of hydrogen-bond donors (Lipinski definition) is 2. The maximum absolute atomic E-state index is 6.47. The summed E-state index contributed by atoms with van der Waals surface area (Å²) < 4.78 is 8.45. The highest BCUT2D eigenvalue weighted by Gasteiger charge is 2.43. The summed E-state index contributed by atoms with van der Waals surface area (Å²) >= 11 is 0. The number of ether oxygens (including phenoxy) is 1. The summed E-state index contributed by atoms with van der Waals surface area (Å²) in [5.74, 6) is 2.32. The zero-order valence-corrected chi connectivity index (χ0v) is 19.6. The molecule has 1 aliphatic carbocycles. The van der Waals surface area contributed by atoms with E-state index < -0.39 is 0 Å². The van der Waals surface area contributed by atoms with E-state index in [2.05, 4.69) is 51.9 Å². The van der Waals surface area contributed by atoms with Gasteiger partial charge in [-0.15, -0.1) is 24.0 Å². The van der Waals surface area contributed by atoms with Gasteiger partial charge in [0.15, 0.2) is 5.96 Å². The van der Waals surface area contributed by atoms with Gasteiger partial charge in [-0.1, -0.05) is 25.1 Å². The van der Waals surface area contributed by atoms with Crippen LogP contribution in [0, 0.1) is 5.92 Å². The number of aromatic nitrogens is 2. The summed E-state index contributed by atoms with van der Waals surface area (Å²) in [4.78, 5) is 4.47. The summed E-state index contributed by atoms with van der Waals surface area (Å²) in [6.45, 7) is 3.95. The Kier molecular flexibility index (Phi) is 7.43. The molecule has 1 aliphatic heterocycles. The average molecular weight is 509 g/mol. The van der Waals surface area contributed by atoms with Gasteiger partial charge in [0.1, 0.15) is 11.4 Å². The maximum atomic E-state index is 6.47. The smallest absolute Gasteiger partial charge is 0.191 e. The van der Waals surface area contributed by atoms with Crippen molar-refractivity contribution in [2.75, 3.05) is 13.6 Å². The Morgan fingerprint density at radius 3 is 2.83 bits per heavy atom. The summed E-state index contributed by atoms with van der Waals surface area (Å²) in [5.41, 5.74) is 1.21. The van der Waals surface area contributed by atoms with Crippen LogP contribution >= 0.6 is 24.0 Å². The molecule has 4 rings (SSSR count). The first-order chi connectivity index (χ1) is 13.7. The molecule has 2 aliphatic rings. The molecule has 6 nitrogen and oxygen atoms in total. The molecule has 1 fully saturated rings. The van der Waals surface area contributed by atoms with Crippen molar-refractivity contribution in [2.45, 2.75) is 57.2 Å². The maximum Gasteiger partial charge on any atom is 0.191 e. The second kappa shape index (κ2) is 9.82. The number of rotatable bonds is 5. The molecule has 0 amide bonds. The predicted molar refractivity (Wildman–Crippen MR) is 127 cm³/mol. The van der Waals surface area contributed by atoms with Crippen LogP contribution in [0.3, 0.4) is 0 Å². The van der Waals surface area contributed by atoms with Crippen LogP contribution in [0.15, 0.2) is 47.7 Å². The second-order valence-electron chi connectivity index (χ2n) is 8.22. The Hall–Kier alpha value is -1.77. The third kappa shape index (κ3) is 5.24. The van der Waals surface area contributed by atoms with Crippen molar-refractivity contribution in [2.24, 2.45) is 10.9 Å². The quantitative estimate of drug-likeness (QED) is 0.362. The minimum absolute atomic E-state index is 0. The molecule has 29 heavy (non-hydrogen) atoms. The lowest BCUT2D eigenvalue weighted by atomic mass is 9.86. The molecule has 1 aromatic heterocycles. The van der Waals surface area contributed by atoms with Gasteiger partial charge in [-0.25, -0.2) is 0 Å². The van der Waals surface area contributed by atoms with Gasteiger partial charge in [-0.3, -0.25) is 9.67 Å². The number of aliphatic imine (C=N–C) groups is 1. The van der Waals surface area contributed by atoms with Gasteiger partial charge in [-0.05, 0) is 43.7 Å². The lowest BCUT2D eigenvalue weighted by Gasteiger charge is -2.40. The molecule has 1 spiro atoms. The fraction of sp³-hybridized carbons (Fsp3) is 0.545. The molecule has 158 valence electrons. The summed E-state index contributed by atoms with van der Waals surface area (Å²) in [6.07, 6.45) is 9.62. The van der Waals surface area contributed by atoms with Crippen LogP contribution in [0.5, 0.6) is 5.75 Å². The van der Waals surface area contributed by atoms with Crippen LogP contribution in [0.2, 0.25) is 0 Å². The van der Waals surface area contributed by atoms with Gasteiger partial charge in [0.25, 0.3) is 0 Å². The van der Waals surface area contributed by atoms with Crippen molar-refractivity contribution in [3.63, 3.8) is 0 Å². The van der Waals surface area contributed by atoms with Gasteiger partial charge >= 0.3 is 0 Å². The van der Waals surface area contributed by atoms with E-state index in [1.54, 1.807) is 0 Å². The Morgan fingerprint density at radius 2 is 2.10 bits per heavy atom. The monoisotopic (exact) mass is 509 g/mol. The van der Waals surface area contributed by atoms with Crippen molar-refractivity contribution >= 4 is 29.9 Å². The third-order valence-corrected chi connectivity index (χ3v) is 5.92. The van der Waals surface area contributed by atoms with Crippen molar-refractivity contribution in [1.29, 1.82) is 0 Å². The molecule has 0 saturated heterocycles. The third-order valence-electron chi connectivity index (χ3n) is 5.92. The highest BCUT2D eigenvalue weighted by molar-refractivity contribution is 14.0. The van der Waals surface area contributed by atoms with E-state index >= 15 is 0 Å². The largest absolute Gasteiger partial charge is 0.487 e. The van der Waals surface area contributed by atoms with Gasteiger partial charge in [0, 0.05) is 44.5 Å². The number of guanidine groups is 1. The standard InChI is InChI=1S/C22H31N5O.HI/c1-17(16-27-13-7-12-25-27)15-24-21(23-2)26-19-14-22(10-5-6-11-22)28-20-9-4-3-8-18(19)20;/h3-4,7-9,12-13,17,19H,5-6,10-11,14-16H2,1-2H3,(H2,23,24,26);1H. The Bertz CT molecular complexity index is 801. The number of fused-ring (bicyclic) bond motifs is 1. The topological polar surface area (TPSA) is 63.5 Å². The molecule has 1 saturated carbocycles. The number of nitrogens with zero attached hydrogens (tertiary/aromatic N) is 3. The van der Waals surface area contributed by atoms with E-state index in [0.29, 0.717) is 5.92 Å². The first-order valence-corrected chi connectivity index (χ1v) is 10.4. The van der Waals surface area contributed by atoms with Crippen LogP contribution in [0.4, 0.5) is 0 Å². The number of benzene rings is 1. The molecule has 7 heteroatoms. The molecule has 2 N–H and O–H groups in total. The minimum Gasteiger partial charge on any atom is -0.487 e. The first kappa shape index (κ1) is 21.9. The zero-order chi connectivity index (χ0) is 19.4. The molecule has 0 radical (unpaired) electrons. The minimum atomic E-state index is -0.0156. The number of nitrogens with one attached hydrogen (secondary N) is 2. The zero-order valence-electron chi connectivity index (χ0n) is 17.3. The van der Waals surface area contributed by atoms with E-state index in [-0.39, 0.29) is 35.6 Å². The molecule has 1 aromatic carbocycles. The van der Waals surface area contributed by atoms with Crippen LogP contribution in [-0.2, 0) is 6.54 Å². The van der Waals surface area contributed by atoms with Crippen LogP contribution in [0.1, 0.15) is 50.6 Å².